The first-order valence-corrected chi connectivity index (χ1v) is 7.98. The Kier molecular flexibility index (Phi) is 3.98. The zero-order chi connectivity index (χ0) is 14.9. The number of methoxy groups -OCH3 is 2. The maximum absolute atomic E-state index is 5.65. The number of ether oxygens (including phenoxy) is 2. The molecule has 0 bridgehead atoms. The van der Waals surface area contributed by atoms with Crippen LogP contribution >= 0.6 is 0 Å². The van der Waals surface area contributed by atoms with Gasteiger partial charge in [0.05, 0.1) is 13.7 Å². The summed E-state index contributed by atoms with van der Waals surface area (Å²) in [6.07, 6.45) is 5.45. The Morgan fingerprint density at radius 3 is 2.57 bits per heavy atom. The van der Waals surface area contributed by atoms with Gasteiger partial charge in [-0.25, -0.2) is 0 Å². The lowest BCUT2D eigenvalue weighted by molar-refractivity contribution is 0.109. The SMILES string of the molecule is COCCNCC1(c2cc(C)ccc2OC)CC2(CC2)C1. The fourth-order valence-corrected chi connectivity index (χ4v) is 4.06. The molecular formula is C18H27NO2. The zero-order valence-electron chi connectivity index (χ0n) is 13.5. The molecule has 2 aliphatic rings. The van der Waals surface area contributed by atoms with Crippen molar-refractivity contribution in [3.63, 3.8) is 0 Å². The molecule has 0 radical (unpaired) electrons. The van der Waals surface area contributed by atoms with Gasteiger partial charge in [0.1, 0.15) is 5.75 Å². The Hall–Kier alpha value is -1.06. The number of nitrogens with one attached hydrogen (secondary N) is 1. The molecule has 0 aliphatic heterocycles. The Morgan fingerprint density at radius 2 is 1.95 bits per heavy atom. The predicted molar refractivity (Wildman–Crippen MR) is 85.1 cm³/mol. The summed E-state index contributed by atoms with van der Waals surface area (Å²) in [4.78, 5) is 0. The third-order valence-corrected chi connectivity index (χ3v) is 5.26. The molecule has 2 fully saturated rings. The lowest BCUT2D eigenvalue weighted by Crippen LogP contribution is -2.50. The average molecular weight is 289 g/mol. The molecule has 0 aromatic heterocycles. The molecule has 1 N–H and O–H groups in total. The average Bonchev–Trinajstić information content (AvgIpc) is 3.23. The van der Waals surface area contributed by atoms with Crippen LogP contribution in [0.3, 0.4) is 0 Å². The van der Waals surface area contributed by atoms with Crippen LogP contribution in [0.5, 0.6) is 5.75 Å². The van der Waals surface area contributed by atoms with Gasteiger partial charge < -0.3 is 14.8 Å². The molecule has 1 aromatic carbocycles. The second kappa shape index (κ2) is 5.62. The van der Waals surface area contributed by atoms with Crippen molar-refractivity contribution in [2.24, 2.45) is 5.41 Å². The first-order valence-electron chi connectivity index (χ1n) is 7.98. The van der Waals surface area contributed by atoms with Gasteiger partial charge in [-0.05, 0) is 44.1 Å². The third kappa shape index (κ3) is 2.82. The first kappa shape index (κ1) is 14.9. The minimum atomic E-state index is 0.252. The van der Waals surface area contributed by atoms with Gasteiger partial charge in [0.2, 0.25) is 0 Å². The number of benzene rings is 1. The lowest BCUT2D eigenvalue weighted by atomic mass is 9.56. The second-order valence-electron chi connectivity index (χ2n) is 7.01. The Morgan fingerprint density at radius 1 is 1.19 bits per heavy atom. The first-order chi connectivity index (χ1) is 10.1. The van der Waals surface area contributed by atoms with Crippen molar-refractivity contribution in [3.05, 3.63) is 29.3 Å². The molecule has 2 aliphatic carbocycles. The standard InChI is InChI=1S/C18H27NO2/c1-14-4-5-16(21-3)15(10-14)18(13-19-8-9-20-2)11-17(12-18)6-7-17/h4-5,10,19H,6-9,11-13H2,1-3H3. The van der Waals surface area contributed by atoms with Crippen LogP contribution < -0.4 is 10.1 Å². The molecule has 3 heteroatoms. The summed E-state index contributed by atoms with van der Waals surface area (Å²) in [6.45, 7) is 4.88. The van der Waals surface area contributed by atoms with Crippen molar-refractivity contribution in [2.45, 2.75) is 38.0 Å². The molecule has 0 atom stereocenters. The van der Waals surface area contributed by atoms with Crippen LogP contribution in [-0.4, -0.2) is 33.9 Å². The quantitative estimate of drug-likeness (QED) is 0.783. The van der Waals surface area contributed by atoms with Gasteiger partial charge in [0.15, 0.2) is 0 Å². The molecule has 0 saturated heterocycles. The van der Waals surface area contributed by atoms with Crippen molar-refractivity contribution in [2.75, 3.05) is 33.9 Å². The smallest absolute Gasteiger partial charge is 0.122 e. The van der Waals surface area contributed by atoms with E-state index in [-0.39, 0.29) is 5.41 Å². The molecule has 0 heterocycles. The molecule has 21 heavy (non-hydrogen) atoms. The summed E-state index contributed by atoms with van der Waals surface area (Å²) < 4.78 is 10.8. The fraction of sp³-hybridized carbons (Fsp3) is 0.667. The predicted octanol–water partition coefficient (Wildman–Crippen LogP) is 3.05. The van der Waals surface area contributed by atoms with Crippen molar-refractivity contribution in [1.82, 2.24) is 5.32 Å². The number of rotatable bonds is 7. The summed E-state index contributed by atoms with van der Waals surface area (Å²) in [5.41, 5.74) is 3.63. The van der Waals surface area contributed by atoms with Gasteiger partial charge in [0, 0.05) is 31.2 Å². The van der Waals surface area contributed by atoms with Gasteiger partial charge in [-0.3, -0.25) is 0 Å². The van der Waals surface area contributed by atoms with Gasteiger partial charge in [-0.1, -0.05) is 17.7 Å². The highest BCUT2D eigenvalue weighted by atomic mass is 16.5. The maximum atomic E-state index is 5.65. The van der Waals surface area contributed by atoms with Crippen molar-refractivity contribution >= 4 is 0 Å². The fourth-order valence-electron chi connectivity index (χ4n) is 4.06. The summed E-state index contributed by atoms with van der Waals surface area (Å²) in [5.74, 6) is 1.05. The zero-order valence-corrected chi connectivity index (χ0v) is 13.5. The highest BCUT2D eigenvalue weighted by molar-refractivity contribution is 5.46. The van der Waals surface area contributed by atoms with E-state index < -0.39 is 0 Å². The van der Waals surface area contributed by atoms with E-state index in [2.05, 4.69) is 30.4 Å². The molecular weight excluding hydrogens is 262 g/mol. The minimum absolute atomic E-state index is 0.252. The van der Waals surface area contributed by atoms with E-state index in [4.69, 9.17) is 9.47 Å². The lowest BCUT2D eigenvalue weighted by Gasteiger charge is -2.50. The molecule has 3 nitrogen and oxygen atoms in total. The number of hydrogen-bond acceptors (Lipinski definition) is 3. The van der Waals surface area contributed by atoms with E-state index in [9.17, 15) is 0 Å². The van der Waals surface area contributed by atoms with E-state index >= 15 is 0 Å². The molecule has 0 unspecified atom stereocenters. The van der Waals surface area contributed by atoms with Gasteiger partial charge in [0.25, 0.3) is 0 Å². The molecule has 3 rings (SSSR count). The highest BCUT2D eigenvalue weighted by Gasteiger charge is 2.61. The van der Waals surface area contributed by atoms with Crippen LogP contribution in [-0.2, 0) is 10.2 Å². The number of aryl methyl sites for hydroxylation is 1. The van der Waals surface area contributed by atoms with Crippen LogP contribution in [0.2, 0.25) is 0 Å². The van der Waals surface area contributed by atoms with Crippen molar-refractivity contribution in [1.29, 1.82) is 0 Å². The van der Waals surface area contributed by atoms with Crippen LogP contribution in [0, 0.1) is 12.3 Å². The van der Waals surface area contributed by atoms with E-state index in [1.165, 1.54) is 36.8 Å². The third-order valence-electron chi connectivity index (χ3n) is 5.26. The topological polar surface area (TPSA) is 30.5 Å². The monoisotopic (exact) mass is 289 g/mol. The van der Waals surface area contributed by atoms with Crippen molar-refractivity contribution in [3.8, 4) is 5.75 Å². The van der Waals surface area contributed by atoms with E-state index in [1.54, 1.807) is 14.2 Å². The normalized spacial score (nSPS) is 21.1. The van der Waals surface area contributed by atoms with Crippen molar-refractivity contribution < 1.29 is 9.47 Å². The summed E-state index contributed by atoms with van der Waals surface area (Å²) in [5, 5.41) is 3.58. The van der Waals surface area contributed by atoms with Gasteiger partial charge in [-0.2, -0.15) is 0 Å². The van der Waals surface area contributed by atoms with E-state index in [1.807, 2.05) is 0 Å². The Bertz CT molecular complexity index is 500. The van der Waals surface area contributed by atoms with Crippen LogP contribution in [0.4, 0.5) is 0 Å². The Labute approximate surface area is 128 Å². The minimum Gasteiger partial charge on any atom is -0.496 e. The highest BCUT2D eigenvalue weighted by Crippen LogP contribution is 2.69. The van der Waals surface area contributed by atoms with Gasteiger partial charge in [-0.15, -0.1) is 0 Å². The maximum Gasteiger partial charge on any atom is 0.122 e. The molecule has 1 aromatic rings. The number of hydrogen-bond donors (Lipinski definition) is 1. The Balaban J connectivity index is 1.80. The van der Waals surface area contributed by atoms with Crippen LogP contribution in [0.25, 0.3) is 0 Å². The second-order valence-corrected chi connectivity index (χ2v) is 7.01. The summed E-state index contributed by atoms with van der Waals surface area (Å²) in [6, 6.07) is 6.59. The van der Waals surface area contributed by atoms with Crippen LogP contribution in [0.1, 0.15) is 36.8 Å². The molecule has 2 saturated carbocycles. The van der Waals surface area contributed by atoms with E-state index in [0.717, 1.165) is 25.4 Å². The largest absolute Gasteiger partial charge is 0.496 e. The summed E-state index contributed by atoms with van der Waals surface area (Å²) in [7, 11) is 3.54. The molecule has 0 amide bonds. The van der Waals surface area contributed by atoms with E-state index in [0.29, 0.717) is 5.41 Å². The van der Waals surface area contributed by atoms with Crippen LogP contribution in [0.15, 0.2) is 18.2 Å². The molecule has 116 valence electrons. The molecule has 1 spiro atoms. The van der Waals surface area contributed by atoms with Gasteiger partial charge >= 0.3 is 0 Å². The summed E-state index contributed by atoms with van der Waals surface area (Å²) >= 11 is 0.